The zero-order valence-electron chi connectivity index (χ0n) is 10.9. The predicted octanol–water partition coefficient (Wildman–Crippen LogP) is 0.582. The fourth-order valence-corrected chi connectivity index (χ4v) is 2.75. The van der Waals surface area contributed by atoms with Crippen molar-refractivity contribution in [3.05, 3.63) is 0 Å². The van der Waals surface area contributed by atoms with Crippen molar-refractivity contribution in [3.63, 3.8) is 0 Å². The molecule has 6 heteroatoms. The van der Waals surface area contributed by atoms with Gasteiger partial charge in [0.1, 0.15) is 24.4 Å². The van der Waals surface area contributed by atoms with Crippen LogP contribution in [0.3, 0.4) is 0 Å². The van der Waals surface area contributed by atoms with Crippen LogP contribution in [0.4, 0.5) is 0 Å². The number of hydrogen-bond donors (Lipinski definition) is 0. The first-order valence-corrected chi connectivity index (χ1v) is 6.13. The van der Waals surface area contributed by atoms with E-state index in [1.165, 1.54) is 0 Å². The predicted molar refractivity (Wildman–Crippen MR) is 58.6 cm³/mol. The van der Waals surface area contributed by atoms with E-state index >= 15 is 0 Å². The molecule has 0 radical (unpaired) electrons. The summed E-state index contributed by atoms with van der Waals surface area (Å²) in [5.74, 6) is -1.49. The summed E-state index contributed by atoms with van der Waals surface area (Å²) in [4.78, 5) is 11.1. The van der Waals surface area contributed by atoms with Crippen LogP contribution in [0.2, 0.25) is 0 Å². The Morgan fingerprint density at radius 1 is 0.833 bits per heavy atom. The lowest BCUT2D eigenvalue weighted by molar-refractivity contribution is -0.226. The molecular weight excluding hydrogens is 240 g/mol. The van der Waals surface area contributed by atoms with E-state index in [4.69, 9.17) is 23.7 Å². The van der Waals surface area contributed by atoms with Crippen LogP contribution in [0.5, 0.6) is 0 Å². The van der Waals surface area contributed by atoms with Crippen LogP contribution in [0.15, 0.2) is 0 Å². The number of fused-ring (bicyclic) bond motifs is 3. The molecule has 0 aromatic rings. The molecule has 3 saturated heterocycles. The number of hydrogen-bond acceptors (Lipinski definition) is 6. The summed E-state index contributed by atoms with van der Waals surface area (Å²) < 4.78 is 28.5. The zero-order chi connectivity index (χ0) is 13.1. The first-order chi connectivity index (χ1) is 8.31. The van der Waals surface area contributed by atoms with Crippen LogP contribution >= 0.6 is 0 Å². The van der Waals surface area contributed by atoms with Crippen molar-refractivity contribution in [1.82, 2.24) is 0 Å². The van der Waals surface area contributed by atoms with Crippen LogP contribution in [-0.2, 0) is 28.5 Å². The van der Waals surface area contributed by atoms with Crippen LogP contribution in [0, 0.1) is 0 Å². The summed E-state index contributed by atoms with van der Waals surface area (Å²) in [6.45, 7) is 7.23. The van der Waals surface area contributed by atoms with Gasteiger partial charge in [-0.05, 0) is 27.7 Å². The van der Waals surface area contributed by atoms with E-state index in [-0.39, 0.29) is 12.2 Å². The first-order valence-electron chi connectivity index (χ1n) is 6.13. The molecular formula is C12H18O6. The highest BCUT2D eigenvalue weighted by molar-refractivity contribution is 5.58. The largest absolute Gasteiger partial charge is 0.342 e. The van der Waals surface area contributed by atoms with Gasteiger partial charge in [0.15, 0.2) is 24.2 Å². The van der Waals surface area contributed by atoms with Gasteiger partial charge >= 0.3 is 0 Å². The van der Waals surface area contributed by atoms with Gasteiger partial charge < -0.3 is 28.5 Å². The molecule has 3 aliphatic heterocycles. The highest BCUT2D eigenvalue weighted by Gasteiger charge is 2.60. The van der Waals surface area contributed by atoms with Crippen molar-refractivity contribution >= 4 is 6.29 Å². The number of aldehydes is 1. The first kappa shape index (κ1) is 12.5. The third-order valence-corrected chi connectivity index (χ3v) is 3.32. The summed E-state index contributed by atoms with van der Waals surface area (Å²) in [6, 6.07) is 0. The molecule has 3 aliphatic rings. The quantitative estimate of drug-likeness (QED) is 0.641. The van der Waals surface area contributed by atoms with Gasteiger partial charge in [-0.3, -0.25) is 0 Å². The molecule has 102 valence electrons. The second-order valence-corrected chi connectivity index (χ2v) is 5.77. The third-order valence-electron chi connectivity index (χ3n) is 3.32. The van der Waals surface area contributed by atoms with Crippen LogP contribution in [0.25, 0.3) is 0 Å². The number of rotatable bonds is 1. The Balaban J connectivity index is 1.89. The zero-order valence-corrected chi connectivity index (χ0v) is 10.9. The Labute approximate surface area is 105 Å². The molecule has 5 atom stereocenters. The van der Waals surface area contributed by atoms with Crippen molar-refractivity contribution in [2.24, 2.45) is 0 Å². The van der Waals surface area contributed by atoms with Gasteiger partial charge in [0.25, 0.3) is 0 Å². The Hall–Kier alpha value is -0.530. The van der Waals surface area contributed by atoms with Gasteiger partial charge in [0.05, 0.1) is 0 Å². The maximum atomic E-state index is 11.1. The van der Waals surface area contributed by atoms with E-state index in [9.17, 15) is 4.79 Å². The maximum Gasteiger partial charge on any atom is 0.190 e. The summed E-state index contributed by atoms with van der Waals surface area (Å²) in [7, 11) is 0. The van der Waals surface area contributed by atoms with Crippen LogP contribution in [0.1, 0.15) is 27.7 Å². The van der Waals surface area contributed by atoms with Gasteiger partial charge in [0, 0.05) is 0 Å². The fraction of sp³-hybridized carbons (Fsp3) is 0.917. The van der Waals surface area contributed by atoms with Gasteiger partial charge in [-0.25, -0.2) is 0 Å². The molecule has 3 rings (SSSR count). The van der Waals surface area contributed by atoms with E-state index in [0.29, 0.717) is 0 Å². The minimum atomic E-state index is -0.745. The Morgan fingerprint density at radius 2 is 1.39 bits per heavy atom. The molecule has 0 N–H and O–H groups in total. The molecule has 0 aromatic carbocycles. The minimum Gasteiger partial charge on any atom is -0.342 e. The molecule has 18 heavy (non-hydrogen) atoms. The van der Waals surface area contributed by atoms with E-state index < -0.39 is 30.1 Å². The highest BCUT2D eigenvalue weighted by Crippen LogP contribution is 2.43. The summed E-state index contributed by atoms with van der Waals surface area (Å²) in [5.41, 5.74) is 0. The molecule has 6 nitrogen and oxygen atoms in total. The SMILES string of the molecule is CC1(C)OC2O[C@@H](C=O)[C@H]3OC(C)(C)OC3[C@@H]2O1. The van der Waals surface area contributed by atoms with Crippen molar-refractivity contribution in [2.45, 2.75) is 70.0 Å². The molecule has 0 saturated carbocycles. The fourth-order valence-electron chi connectivity index (χ4n) is 2.75. The second-order valence-electron chi connectivity index (χ2n) is 5.77. The lowest BCUT2D eigenvalue weighted by Gasteiger charge is -2.34. The second kappa shape index (κ2) is 3.74. The average Bonchev–Trinajstić information content (AvgIpc) is 2.71. The number of carbonyl (C=O) groups excluding carboxylic acids is 1. The monoisotopic (exact) mass is 258 g/mol. The lowest BCUT2D eigenvalue weighted by atomic mass is 10.00. The average molecular weight is 258 g/mol. The summed E-state index contributed by atoms with van der Waals surface area (Å²) in [6.07, 6.45) is -1.72. The molecule has 3 fully saturated rings. The minimum absolute atomic E-state index is 0.351. The molecule has 2 unspecified atom stereocenters. The van der Waals surface area contributed by atoms with Crippen LogP contribution in [-0.4, -0.2) is 48.6 Å². The normalized spacial score (nSPS) is 48.6. The highest BCUT2D eigenvalue weighted by atomic mass is 16.9. The Morgan fingerprint density at radius 3 is 2.06 bits per heavy atom. The van der Waals surface area contributed by atoms with Crippen molar-refractivity contribution in [2.75, 3.05) is 0 Å². The van der Waals surface area contributed by atoms with E-state index in [1.807, 2.05) is 13.8 Å². The van der Waals surface area contributed by atoms with Gasteiger partial charge in [-0.2, -0.15) is 0 Å². The maximum absolute atomic E-state index is 11.1. The summed E-state index contributed by atoms with van der Waals surface area (Å²) in [5, 5.41) is 0. The van der Waals surface area contributed by atoms with Gasteiger partial charge in [0.2, 0.25) is 0 Å². The summed E-state index contributed by atoms with van der Waals surface area (Å²) >= 11 is 0. The van der Waals surface area contributed by atoms with Crippen molar-refractivity contribution < 1.29 is 28.5 Å². The number of carbonyl (C=O) groups is 1. The van der Waals surface area contributed by atoms with Crippen LogP contribution < -0.4 is 0 Å². The van der Waals surface area contributed by atoms with Crippen molar-refractivity contribution in [1.29, 1.82) is 0 Å². The topological polar surface area (TPSA) is 63.2 Å². The van der Waals surface area contributed by atoms with E-state index in [2.05, 4.69) is 0 Å². The molecule has 0 aliphatic carbocycles. The Bertz CT molecular complexity index is 366. The molecule has 0 aromatic heterocycles. The van der Waals surface area contributed by atoms with Crippen molar-refractivity contribution in [3.8, 4) is 0 Å². The van der Waals surface area contributed by atoms with E-state index in [0.717, 1.165) is 6.29 Å². The van der Waals surface area contributed by atoms with Gasteiger partial charge in [-0.15, -0.1) is 0 Å². The molecule has 0 spiro atoms. The van der Waals surface area contributed by atoms with Gasteiger partial charge in [-0.1, -0.05) is 0 Å². The molecule has 3 heterocycles. The van der Waals surface area contributed by atoms with E-state index in [1.54, 1.807) is 13.8 Å². The lowest BCUT2D eigenvalue weighted by Crippen LogP contribution is -2.55. The smallest absolute Gasteiger partial charge is 0.190 e. The Kier molecular flexibility index (Phi) is 2.60. The molecule has 0 bridgehead atoms. The third kappa shape index (κ3) is 1.88. The number of ether oxygens (including phenoxy) is 5. The molecule has 0 amide bonds. The standard InChI is InChI=1S/C12H18O6/c1-11(2)15-7-6(5-13)14-10-9(8(7)16-11)17-12(3,4)18-10/h5-10H,1-4H3/t6-,7+,8?,9-,10?/m0/s1.